The Morgan fingerprint density at radius 1 is 1.32 bits per heavy atom. The van der Waals surface area contributed by atoms with Crippen LogP contribution in [0.3, 0.4) is 0 Å². The van der Waals surface area contributed by atoms with Gasteiger partial charge in [0.25, 0.3) is 0 Å². The molecule has 3 atom stereocenters. The minimum Gasteiger partial charge on any atom is -0.497 e. The van der Waals surface area contributed by atoms with Gasteiger partial charge in [-0.3, -0.25) is 0 Å². The van der Waals surface area contributed by atoms with E-state index in [0.717, 1.165) is 17.6 Å². The summed E-state index contributed by atoms with van der Waals surface area (Å²) in [4.78, 5) is 2.53. The lowest BCUT2D eigenvalue weighted by molar-refractivity contribution is 0.0469. The SMILES string of the molecule is COc1ccc2c(c1)[C@H]1CC[C@@]23CCN(C)C[C@H]3C1. The maximum absolute atomic E-state index is 5.43. The molecular formula is C17H23NO. The molecule has 2 heteroatoms. The van der Waals surface area contributed by atoms with Gasteiger partial charge in [0.1, 0.15) is 5.75 Å². The largest absolute Gasteiger partial charge is 0.497 e. The lowest BCUT2D eigenvalue weighted by atomic mass is 9.50. The van der Waals surface area contributed by atoms with Gasteiger partial charge in [-0.15, -0.1) is 0 Å². The zero-order chi connectivity index (χ0) is 13.0. The molecule has 2 fully saturated rings. The van der Waals surface area contributed by atoms with Gasteiger partial charge < -0.3 is 9.64 Å². The Hall–Kier alpha value is -1.02. The van der Waals surface area contributed by atoms with Crippen LogP contribution in [0.15, 0.2) is 18.2 Å². The summed E-state index contributed by atoms with van der Waals surface area (Å²) >= 11 is 0. The third-order valence-corrected chi connectivity index (χ3v) is 6.00. The smallest absolute Gasteiger partial charge is 0.119 e. The normalized spacial score (nSPS) is 36.7. The van der Waals surface area contributed by atoms with E-state index >= 15 is 0 Å². The highest BCUT2D eigenvalue weighted by Gasteiger charge is 2.52. The Kier molecular flexibility index (Phi) is 2.47. The first-order valence-electron chi connectivity index (χ1n) is 7.60. The molecule has 0 radical (unpaired) electrons. The van der Waals surface area contributed by atoms with Crippen molar-refractivity contribution in [3.05, 3.63) is 29.3 Å². The number of fused-ring (bicyclic) bond motifs is 1. The molecule has 1 aromatic carbocycles. The first kappa shape index (κ1) is 11.8. The number of nitrogens with zero attached hydrogens (tertiary/aromatic N) is 1. The number of methoxy groups -OCH3 is 1. The second kappa shape index (κ2) is 3.99. The highest BCUT2D eigenvalue weighted by molar-refractivity contribution is 5.47. The van der Waals surface area contributed by atoms with Crippen LogP contribution in [-0.4, -0.2) is 32.1 Å². The molecule has 0 aromatic heterocycles. The van der Waals surface area contributed by atoms with Crippen molar-refractivity contribution in [3.8, 4) is 5.75 Å². The Labute approximate surface area is 115 Å². The minimum absolute atomic E-state index is 0.489. The first-order chi connectivity index (χ1) is 9.23. The number of ether oxygens (including phenoxy) is 1. The molecule has 1 aliphatic heterocycles. The van der Waals surface area contributed by atoms with Crippen molar-refractivity contribution in [2.24, 2.45) is 5.92 Å². The van der Waals surface area contributed by atoms with Crippen LogP contribution in [0.4, 0.5) is 0 Å². The Morgan fingerprint density at radius 3 is 3.05 bits per heavy atom. The highest BCUT2D eigenvalue weighted by atomic mass is 16.5. The Balaban J connectivity index is 1.83. The van der Waals surface area contributed by atoms with Crippen LogP contribution in [0.25, 0.3) is 0 Å². The summed E-state index contributed by atoms with van der Waals surface area (Å²) in [6.45, 7) is 2.55. The molecule has 2 bridgehead atoms. The maximum atomic E-state index is 5.43. The van der Waals surface area contributed by atoms with Crippen molar-refractivity contribution in [1.82, 2.24) is 4.90 Å². The predicted octanol–water partition coefficient (Wildman–Crippen LogP) is 3.17. The number of rotatable bonds is 1. The molecule has 1 saturated heterocycles. The summed E-state index contributed by atoms with van der Waals surface area (Å²) in [5.74, 6) is 2.70. The van der Waals surface area contributed by atoms with Crippen molar-refractivity contribution in [1.29, 1.82) is 0 Å². The maximum Gasteiger partial charge on any atom is 0.119 e. The summed E-state index contributed by atoms with van der Waals surface area (Å²) in [5.41, 5.74) is 3.75. The van der Waals surface area contributed by atoms with Crippen molar-refractivity contribution >= 4 is 0 Å². The zero-order valence-corrected chi connectivity index (χ0v) is 12.0. The van der Waals surface area contributed by atoms with Gasteiger partial charge in [-0.25, -0.2) is 0 Å². The zero-order valence-electron chi connectivity index (χ0n) is 12.0. The Morgan fingerprint density at radius 2 is 2.21 bits per heavy atom. The van der Waals surface area contributed by atoms with Gasteiger partial charge >= 0.3 is 0 Å². The molecule has 2 nitrogen and oxygen atoms in total. The van der Waals surface area contributed by atoms with Crippen LogP contribution < -0.4 is 4.74 Å². The van der Waals surface area contributed by atoms with Gasteiger partial charge in [0.15, 0.2) is 0 Å². The molecule has 0 N–H and O–H groups in total. The lowest BCUT2D eigenvalue weighted by Gasteiger charge is -2.57. The monoisotopic (exact) mass is 257 g/mol. The third-order valence-electron chi connectivity index (χ3n) is 6.00. The summed E-state index contributed by atoms with van der Waals surface area (Å²) < 4.78 is 5.43. The van der Waals surface area contributed by atoms with E-state index in [-0.39, 0.29) is 0 Å². The number of hydrogen-bond acceptors (Lipinski definition) is 2. The predicted molar refractivity (Wildman–Crippen MR) is 76.9 cm³/mol. The minimum atomic E-state index is 0.489. The van der Waals surface area contributed by atoms with Gasteiger partial charge in [-0.05, 0) is 74.4 Å². The van der Waals surface area contributed by atoms with Crippen molar-refractivity contribution in [3.63, 3.8) is 0 Å². The van der Waals surface area contributed by atoms with Crippen LogP contribution in [0.2, 0.25) is 0 Å². The molecule has 0 unspecified atom stereocenters. The van der Waals surface area contributed by atoms with E-state index in [1.807, 2.05) is 0 Å². The van der Waals surface area contributed by atoms with Crippen LogP contribution in [0, 0.1) is 5.92 Å². The van der Waals surface area contributed by atoms with Gasteiger partial charge in [0.05, 0.1) is 7.11 Å². The van der Waals surface area contributed by atoms with Crippen LogP contribution >= 0.6 is 0 Å². The molecular weight excluding hydrogens is 234 g/mol. The summed E-state index contributed by atoms with van der Waals surface area (Å²) in [6, 6.07) is 6.86. The first-order valence-corrected chi connectivity index (χ1v) is 7.60. The van der Waals surface area contributed by atoms with E-state index in [1.54, 1.807) is 18.2 Å². The van der Waals surface area contributed by atoms with Crippen molar-refractivity contribution < 1.29 is 4.74 Å². The van der Waals surface area contributed by atoms with E-state index in [9.17, 15) is 0 Å². The van der Waals surface area contributed by atoms with Crippen LogP contribution in [-0.2, 0) is 5.41 Å². The number of benzene rings is 1. The second-order valence-electron chi connectivity index (χ2n) is 6.79. The molecule has 5 rings (SSSR count). The van der Waals surface area contributed by atoms with E-state index in [0.29, 0.717) is 5.41 Å². The fourth-order valence-corrected chi connectivity index (χ4v) is 4.99. The van der Waals surface area contributed by atoms with Gasteiger partial charge in [0.2, 0.25) is 0 Å². The van der Waals surface area contributed by atoms with Crippen molar-refractivity contribution in [2.45, 2.75) is 37.0 Å². The number of piperidine rings is 1. The Bertz CT molecular complexity index is 512. The van der Waals surface area contributed by atoms with Gasteiger partial charge in [0, 0.05) is 12.0 Å². The fraction of sp³-hybridized carbons (Fsp3) is 0.647. The topological polar surface area (TPSA) is 12.5 Å². The molecule has 19 heavy (non-hydrogen) atoms. The summed E-state index contributed by atoms with van der Waals surface area (Å²) in [6.07, 6.45) is 5.54. The third kappa shape index (κ3) is 1.53. The second-order valence-corrected chi connectivity index (χ2v) is 6.79. The molecule has 102 valence electrons. The molecule has 3 aliphatic carbocycles. The lowest BCUT2D eigenvalue weighted by Crippen LogP contribution is -2.54. The molecule has 1 heterocycles. The molecule has 4 aliphatic rings. The van der Waals surface area contributed by atoms with E-state index in [2.05, 4.69) is 30.1 Å². The molecule has 1 saturated carbocycles. The average molecular weight is 257 g/mol. The average Bonchev–Trinajstić information content (AvgIpc) is 2.46. The van der Waals surface area contributed by atoms with E-state index in [1.165, 1.54) is 38.8 Å². The van der Waals surface area contributed by atoms with E-state index in [4.69, 9.17) is 4.74 Å². The van der Waals surface area contributed by atoms with Crippen LogP contribution in [0.1, 0.15) is 42.7 Å². The highest BCUT2D eigenvalue weighted by Crippen LogP contribution is 2.59. The molecule has 1 spiro atoms. The fourth-order valence-electron chi connectivity index (χ4n) is 4.99. The summed E-state index contributed by atoms with van der Waals surface area (Å²) in [7, 11) is 4.06. The number of likely N-dealkylation sites (tertiary alicyclic amines) is 1. The standard InChI is InChI=1S/C17H23NO/c1-18-8-7-17-6-5-12(9-13(17)11-18)15-10-14(19-2)3-4-16(15)17/h3-4,10,12-13H,5-9,11H2,1-2H3/t12-,13+,17-/m0/s1. The quantitative estimate of drug-likeness (QED) is 0.766. The van der Waals surface area contributed by atoms with Crippen molar-refractivity contribution in [2.75, 3.05) is 27.2 Å². The van der Waals surface area contributed by atoms with Crippen LogP contribution in [0.5, 0.6) is 5.75 Å². The number of hydrogen-bond donors (Lipinski definition) is 0. The molecule has 0 amide bonds. The van der Waals surface area contributed by atoms with Gasteiger partial charge in [-0.2, -0.15) is 0 Å². The summed E-state index contributed by atoms with van der Waals surface area (Å²) in [5, 5.41) is 0. The molecule has 1 aromatic rings. The van der Waals surface area contributed by atoms with E-state index < -0.39 is 0 Å². The van der Waals surface area contributed by atoms with Gasteiger partial charge in [-0.1, -0.05) is 6.07 Å².